The Bertz CT molecular complexity index is 267. The van der Waals surface area contributed by atoms with Crippen molar-refractivity contribution in [1.82, 2.24) is 5.32 Å². The third kappa shape index (κ3) is 5.46. The molecule has 21 heavy (non-hydrogen) atoms. The molecule has 3 aliphatic rings. The molecule has 4 bridgehead atoms. The summed E-state index contributed by atoms with van der Waals surface area (Å²) in [7, 11) is 0. The van der Waals surface area contributed by atoms with Crippen LogP contribution in [0.5, 0.6) is 0 Å². The largest absolute Gasteiger partial charge is 0.311 e. The lowest BCUT2D eigenvalue weighted by Gasteiger charge is -2.36. The van der Waals surface area contributed by atoms with Gasteiger partial charge in [-0.2, -0.15) is 11.8 Å². The molecule has 3 fully saturated rings. The summed E-state index contributed by atoms with van der Waals surface area (Å²) in [6, 6.07) is 1.65. The van der Waals surface area contributed by atoms with Crippen LogP contribution in [0.25, 0.3) is 0 Å². The lowest BCUT2D eigenvalue weighted by Crippen LogP contribution is -2.43. The molecule has 1 saturated heterocycles. The van der Waals surface area contributed by atoms with E-state index in [1.54, 1.807) is 0 Å². The number of hydrogen-bond donors (Lipinski definition) is 1. The lowest BCUT2D eigenvalue weighted by atomic mass is 9.94. The molecule has 0 aromatic heterocycles. The Morgan fingerprint density at radius 3 is 1.48 bits per heavy atom. The first-order valence-corrected chi connectivity index (χ1v) is 10.8. The summed E-state index contributed by atoms with van der Waals surface area (Å²) in [4.78, 5) is 0. The van der Waals surface area contributed by atoms with Gasteiger partial charge in [0.1, 0.15) is 0 Å². The molecule has 122 valence electrons. The van der Waals surface area contributed by atoms with Gasteiger partial charge in [0.2, 0.25) is 0 Å². The smallest absolute Gasteiger partial charge is 0.00802 e. The first kappa shape index (κ1) is 16.2. The molecule has 0 spiro atoms. The predicted molar refractivity (Wildman–Crippen MR) is 95.1 cm³/mol. The van der Waals surface area contributed by atoms with E-state index in [0.717, 1.165) is 22.6 Å². The molecule has 0 aromatic carbocycles. The molecule has 4 atom stereocenters. The first-order chi connectivity index (χ1) is 10.4. The minimum atomic E-state index is 0.826. The van der Waals surface area contributed by atoms with Gasteiger partial charge in [0.25, 0.3) is 0 Å². The summed E-state index contributed by atoms with van der Waals surface area (Å²) in [5.41, 5.74) is 0. The van der Waals surface area contributed by atoms with Crippen molar-refractivity contribution < 1.29 is 0 Å². The number of rotatable bonds is 0. The van der Waals surface area contributed by atoms with Crippen molar-refractivity contribution in [2.45, 2.75) is 119 Å². The van der Waals surface area contributed by atoms with E-state index in [4.69, 9.17) is 0 Å². The molecule has 2 saturated carbocycles. The molecule has 1 heterocycles. The van der Waals surface area contributed by atoms with Crippen LogP contribution >= 0.6 is 11.8 Å². The van der Waals surface area contributed by atoms with Crippen LogP contribution in [-0.4, -0.2) is 22.6 Å². The second-order valence-electron chi connectivity index (χ2n) is 7.75. The van der Waals surface area contributed by atoms with Gasteiger partial charge in [0, 0.05) is 22.6 Å². The summed E-state index contributed by atoms with van der Waals surface area (Å²) >= 11 is 2.41. The maximum Gasteiger partial charge on any atom is 0.00802 e. The Morgan fingerprint density at radius 1 is 0.524 bits per heavy atom. The van der Waals surface area contributed by atoms with Crippen molar-refractivity contribution in [1.29, 1.82) is 0 Å². The van der Waals surface area contributed by atoms with Crippen LogP contribution in [0, 0.1) is 0 Å². The van der Waals surface area contributed by atoms with Gasteiger partial charge in [-0.15, -0.1) is 0 Å². The molecule has 0 aromatic rings. The van der Waals surface area contributed by atoms with E-state index < -0.39 is 0 Å². The van der Waals surface area contributed by atoms with Gasteiger partial charge in [-0.25, -0.2) is 0 Å². The summed E-state index contributed by atoms with van der Waals surface area (Å²) in [5.74, 6) is 0. The zero-order valence-electron chi connectivity index (χ0n) is 13.8. The molecule has 0 amide bonds. The Hall–Kier alpha value is 0.310. The van der Waals surface area contributed by atoms with E-state index >= 15 is 0 Å². The molecular formula is C19H35NS. The molecule has 1 aliphatic heterocycles. The average Bonchev–Trinajstić information content (AvgIpc) is 2.57. The molecule has 2 aliphatic carbocycles. The Labute approximate surface area is 136 Å². The monoisotopic (exact) mass is 309 g/mol. The average molecular weight is 310 g/mol. The van der Waals surface area contributed by atoms with E-state index in [1.165, 1.54) is 96.3 Å². The van der Waals surface area contributed by atoms with Crippen molar-refractivity contribution in [3.63, 3.8) is 0 Å². The third-order valence-electron chi connectivity index (χ3n) is 5.86. The van der Waals surface area contributed by atoms with Crippen molar-refractivity contribution in [2.75, 3.05) is 0 Å². The minimum Gasteiger partial charge on any atom is -0.311 e. The molecule has 3 rings (SSSR count). The van der Waals surface area contributed by atoms with Crippen LogP contribution < -0.4 is 5.32 Å². The van der Waals surface area contributed by atoms with Crippen LogP contribution in [0.3, 0.4) is 0 Å². The molecule has 0 radical (unpaired) electrons. The summed E-state index contributed by atoms with van der Waals surface area (Å²) in [5, 5.41) is 6.02. The van der Waals surface area contributed by atoms with Crippen molar-refractivity contribution >= 4 is 11.8 Å². The van der Waals surface area contributed by atoms with Gasteiger partial charge in [0.15, 0.2) is 0 Å². The first-order valence-electron chi connectivity index (χ1n) is 9.81. The zero-order valence-corrected chi connectivity index (χ0v) is 14.6. The van der Waals surface area contributed by atoms with Crippen LogP contribution in [-0.2, 0) is 0 Å². The molecule has 1 nitrogen and oxygen atoms in total. The molecule has 4 unspecified atom stereocenters. The highest BCUT2D eigenvalue weighted by Gasteiger charge is 2.28. The van der Waals surface area contributed by atoms with Crippen molar-refractivity contribution in [2.24, 2.45) is 0 Å². The van der Waals surface area contributed by atoms with E-state index in [0.29, 0.717) is 0 Å². The van der Waals surface area contributed by atoms with Crippen molar-refractivity contribution in [3.8, 4) is 0 Å². The maximum atomic E-state index is 4.12. The fourth-order valence-electron chi connectivity index (χ4n) is 4.67. The second kappa shape index (κ2) is 8.82. The second-order valence-corrected chi connectivity index (χ2v) is 9.35. The van der Waals surface area contributed by atoms with Gasteiger partial charge >= 0.3 is 0 Å². The Balaban J connectivity index is 1.67. The number of thioether (sulfide) groups is 1. The molecule has 1 N–H and O–H groups in total. The van der Waals surface area contributed by atoms with Gasteiger partial charge in [0.05, 0.1) is 0 Å². The zero-order chi connectivity index (χ0) is 14.3. The topological polar surface area (TPSA) is 12.0 Å². The standard InChI is InChI=1S/C19H35NS/c1-2-6-10-16-14-18(12-8-3-1)21-19-13-9-5-4-7-11-17(15-19)20-16/h16-20H,1-15H2. The number of fused-ring (bicyclic) bond motifs is 4. The lowest BCUT2D eigenvalue weighted by molar-refractivity contribution is 0.328. The van der Waals surface area contributed by atoms with E-state index in [1.807, 2.05) is 0 Å². The summed E-state index contributed by atoms with van der Waals surface area (Å²) in [6.07, 6.45) is 22.1. The minimum absolute atomic E-state index is 0.826. The normalized spacial score (nSPS) is 40.0. The number of nitrogens with one attached hydrogen (secondary N) is 1. The van der Waals surface area contributed by atoms with Gasteiger partial charge in [-0.05, 0) is 38.5 Å². The highest BCUT2D eigenvalue weighted by molar-refractivity contribution is 8.00. The Kier molecular flexibility index (Phi) is 6.79. The van der Waals surface area contributed by atoms with Crippen LogP contribution in [0.1, 0.15) is 96.3 Å². The van der Waals surface area contributed by atoms with Crippen LogP contribution in [0.4, 0.5) is 0 Å². The fraction of sp³-hybridized carbons (Fsp3) is 1.00. The predicted octanol–water partition coefficient (Wildman–Crippen LogP) is 5.68. The van der Waals surface area contributed by atoms with Gasteiger partial charge in [-0.1, -0.05) is 57.8 Å². The van der Waals surface area contributed by atoms with Crippen LogP contribution in [0.2, 0.25) is 0 Å². The van der Waals surface area contributed by atoms with Gasteiger partial charge in [-0.3, -0.25) is 0 Å². The molecule has 2 heteroatoms. The van der Waals surface area contributed by atoms with Crippen molar-refractivity contribution in [3.05, 3.63) is 0 Å². The molecular weight excluding hydrogens is 274 g/mol. The van der Waals surface area contributed by atoms with Gasteiger partial charge < -0.3 is 5.32 Å². The third-order valence-corrected chi connectivity index (χ3v) is 7.48. The quantitative estimate of drug-likeness (QED) is 0.618. The fourth-order valence-corrected chi connectivity index (χ4v) is 6.51. The maximum absolute atomic E-state index is 4.12. The van der Waals surface area contributed by atoms with E-state index in [9.17, 15) is 0 Å². The SMILES string of the molecule is C1CCCC2CC(CCC1)SC1CCCCCCC(C1)N2. The number of hydrogen-bond acceptors (Lipinski definition) is 2. The van der Waals surface area contributed by atoms with E-state index in [2.05, 4.69) is 17.1 Å². The summed E-state index contributed by atoms with van der Waals surface area (Å²) < 4.78 is 0. The summed E-state index contributed by atoms with van der Waals surface area (Å²) in [6.45, 7) is 0. The Morgan fingerprint density at radius 2 is 0.952 bits per heavy atom. The van der Waals surface area contributed by atoms with E-state index in [-0.39, 0.29) is 0 Å². The highest BCUT2D eigenvalue weighted by Crippen LogP contribution is 2.36. The highest BCUT2D eigenvalue weighted by atomic mass is 32.2. The van der Waals surface area contributed by atoms with Crippen LogP contribution in [0.15, 0.2) is 0 Å².